The van der Waals surface area contributed by atoms with Gasteiger partial charge in [0.1, 0.15) is 0 Å². The average molecular weight is 403 g/mol. The predicted molar refractivity (Wildman–Crippen MR) is 110 cm³/mol. The van der Waals surface area contributed by atoms with Gasteiger partial charge in [-0.1, -0.05) is 26.0 Å². The van der Waals surface area contributed by atoms with Gasteiger partial charge < -0.3 is 5.32 Å². The molecule has 1 fully saturated rings. The van der Waals surface area contributed by atoms with E-state index in [1.807, 2.05) is 24.3 Å². The minimum absolute atomic E-state index is 0.150. The van der Waals surface area contributed by atoms with Crippen molar-refractivity contribution in [1.82, 2.24) is 9.80 Å². The third kappa shape index (κ3) is 3.66. The SMILES string of the molecule is CC(C)c1ccc(NC(=O)CSC2=NC3C(=O)N(C)C(=O)N(C)C3=[N+]2C)cc1. The summed E-state index contributed by atoms with van der Waals surface area (Å²) in [4.78, 5) is 43.7. The fourth-order valence-electron chi connectivity index (χ4n) is 3.12. The third-order valence-corrected chi connectivity index (χ3v) is 5.83. The standard InChI is InChI=1S/C19H23N5O3S/c1-11(2)12-6-8-13(9-7-12)20-14(25)10-28-18-21-15-16(22(18)3)23(4)19(27)24(5)17(15)26/h6-9,11,15H,10H2,1-5H3/p+1. The lowest BCUT2D eigenvalue weighted by atomic mass is 10.0. The Bertz CT molecular complexity index is 891. The van der Waals surface area contributed by atoms with Gasteiger partial charge in [0, 0.05) is 12.7 Å². The Morgan fingerprint density at radius 2 is 1.86 bits per heavy atom. The molecule has 2 aliphatic rings. The molecule has 1 atom stereocenters. The molecule has 1 saturated heterocycles. The van der Waals surface area contributed by atoms with Crippen molar-refractivity contribution in [2.45, 2.75) is 25.8 Å². The second-order valence-corrected chi connectivity index (χ2v) is 8.03. The van der Waals surface area contributed by atoms with Crippen molar-refractivity contribution < 1.29 is 19.0 Å². The maximum absolute atomic E-state index is 12.3. The topological polar surface area (TPSA) is 85.1 Å². The second kappa shape index (κ2) is 7.75. The van der Waals surface area contributed by atoms with Gasteiger partial charge in [0.25, 0.3) is 23.0 Å². The number of anilines is 1. The smallest absolute Gasteiger partial charge is 0.325 e. The van der Waals surface area contributed by atoms with Crippen LogP contribution in [0.25, 0.3) is 0 Å². The van der Waals surface area contributed by atoms with Crippen LogP contribution in [0.15, 0.2) is 29.3 Å². The van der Waals surface area contributed by atoms with Crippen molar-refractivity contribution in [3.63, 3.8) is 0 Å². The summed E-state index contributed by atoms with van der Waals surface area (Å²) < 4.78 is 1.70. The average Bonchev–Trinajstić information content (AvgIpc) is 3.00. The quantitative estimate of drug-likeness (QED) is 0.778. The molecular formula is C19H24N5O3S+. The molecule has 2 heterocycles. The number of carbonyl (C=O) groups is 3. The molecule has 0 aromatic heterocycles. The van der Waals surface area contributed by atoms with Gasteiger partial charge in [-0.25, -0.2) is 14.3 Å². The van der Waals surface area contributed by atoms with Crippen LogP contribution in [0.2, 0.25) is 0 Å². The summed E-state index contributed by atoms with van der Waals surface area (Å²) in [7, 11) is 4.80. The molecule has 148 valence electrons. The number of amidine groups is 2. The number of nitrogens with zero attached hydrogens (tertiary/aromatic N) is 4. The first-order chi connectivity index (χ1) is 13.2. The molecule has 2 aliphatic heterocycles. The lowest BCUT2D eigenvalue weighted by molar-refractivity contribution is -0.367. The van der Waals surface area contributed by atoms with Gasteiger partial charge in [0.2, 0.25) is 5.91 Å². The van der Waals surface area contributed by atoms with Crippen molar-refractivity contribution in [1.29, 1.82) is 0 Å². The number of rotatable bonds is 4. The van der Waals surface area contributed by atoms with Crippen LogP contribution >= 0.6 is 11.8 Å². The first kappa shape index (κ1) is 20.1. The summed E-state index contributed by atoms with van der Waals surface area (Å²) in [6.45, 7) is 4.23. The molecule has 9 heteroatoms. The third-order valence-electron chi connectivity index (χ3n) is 4.79. The first-order valence-electron chi connectivity index (χ1n) is 8.97. The predicted octanol–water partition coefficient (Wildman–Crippen LogP) is 1.78. The first-order valence-corrected chi connectivity index (χ1v) is 9.95. The van der Waals surface area contributed by atoms with E-state index in [-0.39, 0.29) is 17.6 Å². The summed E-state index contributed by atoms with van der Waals surface area (Å²) in [6, 6.07) is 6.63. The highest BCUT2D eigenvalue weighted by Gasteiger charge is 2.51. The zero-order valence-electron chi connectivity index (χ0n) is 16.6. The van der Waals surface area contributed by atoms with Crippen molar-refractivity contribution in [2.75, 3.05) is 32.2 Å². The number of imide groups is 1. The number of aliphatic imine (C=N–C) groups is 1. The zero-order chi connectivity index (χ0) is 20.6. The Balaban J connectivity index is 1.64. The maximum atomic E-state index is 12.3. The van der Waals surface area contributed by atoms with Gasteiger partial charge in [-0.05, 0) is 35.4 Å². The number of fused-ring (bicyclic) bond motifs is 1. The summed E-state index contributed by atoms with van der Waals surface area (Å²) in [6.07, 6.45) is 0. The minimum atomic E-state index is -0.744. The van der Waals surface area contributed by atoms with Gasteiger partial charge in [0.05, 0.1) is 19.8 Å². The van der Waals surface area contributed by atoms with Gasteiger partial charge in [-0.3, -0.25) is 14.5 Å². The van der Waals surface area contributed by atoms with E-state index in [2.05, 4.69) is 24.2 Å². The van der Waals surface area contributed by atoms with Crippen LogP contribution in [0.3, 0.4) is 0 Å². The van der Waals surface area contributed by atoms with E-state index >= 15 is 0 Å². The van der Waals surface area contributed by atoms with E-state index in [1.165, 1.54) is 29.3 Å². The molecule has 0 bridgehead atoms. The number of carbonyl (C=O) groups excluding carboxylic acids is 3. The summed E-state index contributed by atoms with van der Waals surface area (Å²) in [5.41, 5.74) is 1.95. The molecule has 0 aliphatic carbocycles. The van der Waals surface area contributed by atoms with Crippen LogP contribution < -0.4 is 5.32 Å². The van der Waals surface area contributed by atoms with Crippen LogP contribution in [0.5, 0.6) is 0 Å². The number of nitrogens with one attached hydrogen (secondary N) is 1. The molecule has 1 N–H and O–H groups in total. The number of amides is 4. The number of likely N-dealkylation sites (N-methyl/N-ethyl adjacent to an activating group) is 2. The molecular weight excluding hydrogens is 378 g/mol. The molecule has 8 nitrogen and oxygen atoms in total. The molecule has 4 amide bonds. The molecule has 1 aromatic rings. The van der Waals surface area contributed by atoms with Crippen LogP contribution in [0, 0.1) is 0 Å². The van der Waals surface area contributed by atoms with Crippen molar-refractivity contribution in [3.8, 4) is 0 Å². The van der Waals surface area contributed by atoms with E-state index < -0.39 is 12.1 Å². The fourth-order valence-corrected chi connectivity index (χ4v) is 3.92. The van der Waals surface area contributed by atoms with Crippen LogP contribution in [0.4, 0.5) is 10.5 Å². The minimum Gasteiger partial charge on any atom is -0.325 e. The highest BCUT2D eigenvalue weighted by atomic mass is 32.2. The van der Waals surface area contributed by atoms with Gasteiger partial charge in [0.15, 0.2) is 0 Å². The molecule has 1 unspecified atom stereocenters. The molecule has 0 spiro atoms. The molecule has 1 aromatic carbocycles. The largest absolute Gasteiger partial charge is 0.388 e. The van der Waals surface area contributed by atoms with Gasteiger partial charge in [-0.2, -0.15) is 0 Å². The fraction of sp³-hybridized carbons (Fsp3) is 0.421. The number of urea groups is 1. The zero-order valence-corrected chi connectivity index (χ0v) is 17.4. The normalized spacial score (nSPS) is 19.4. The van der Waals surface area contributed by atoms with Gasteiger partial charge in [-0.15, -0.1) is 4.99 Å². The summed E-state index contributed by atoms with van der Waals surface area (Å²) >= 11 is 1.23. The summed E-state index contributed by atoms with van der Waals surface area (Å²) in [5.74, 6) is 0.572. The Morgan fingerprint density at radius 1 is 1.21 bits per heavy atom. The molecule has 0 radical (unpaired) electrons. The number of thioether (sulfide) groups is 1. The van der Waals surface area contributed by atoms with E-state index in [0.29, 0.717) is 16.9 Å². The lowest BCUT2D eigenvalue weighted by Crippen LogP contribution is -2.59. The van der Waals surface area contributed by atoms with Gasteiger partial charge >= 0.3 is 6.03 Å². The molecule has 3 rings (SSSR count). The van der Waals surface area contributed by atoms with E-state index in [1.54, 1.807) is 18.7 Å². The Labute approximate surface area is 168 Å². The van der Waals surface area contributed by atoms with Crippen molar-refractivity contribution in [3.05, 3.63) is 29.8 Å². The Hall–Kier alpha value is -2.68. The van der Waals surface area contributed by atoms with E-state index in [4.69, 9.17) is 0 Å². The van der Waals surface area contributed by atoms with Crippen LogP contribution in [0.1, 0.15) is 25.3 Å². The number of hydrogen-bond acceptors (Lipinski definition) is 5. The maximum Gasteiger partial charge on any atom is 0.388 e. The van der Waals surface area contributed by atoms with E-state index in [0.717, 1.165) is 10.6 Å². The second-order valence-electron chi connectivity index (χ2n) is 7.08. The number of hydrogen-bond donors (Lipinski definition) is 1. The van der Waals surface area contributed by atoms with E-state index in [9.17, 15) is 14.4 Å². The summed E-state index contributed by atoms with van der Waals surface area (Å²) in [5, 5.41) is 3.40. The Morgan fingerprint density at radius 3 is 2.46 bits per heavy atom. The highest BCUT2D eigenvalue weighted by molar-refractivity contribution is 8.14. The van der Waals surface area contributed by atoms with Crippen LogP contribution in [-0.4, -0.2) is 76.2 Å². The highest BCUT2D eigenvalue weighted by Crippen LogP contribution is 2.22. The molecule has 0 saturated carbocycles. The molecule has 28 heavy (non-hydrogen) atoms. The monoisotopic (exact) mass is 402 g/mol. The lowest BCUT2D eigenvalue weighted by Gasteiger charge is -2.27. The van der Waals surface area contributed by atoms with Crippen LogP contribution in [-0.2, 0) is 9.59 Å². The number of benzene rings is 1. The Kier molecular flexibility index (Phi) is 5.55. The van der Waals surface area contributed by atoms with Crippen molar-refractivity contribution in [2.24, 2.45) is 4.99 Å². The van der Waals surface area contributed by atoms with Crippen molar-refractivity contribution >= 4 is 46.3 Å².